The van der Waals surface area contributed by atoms with Gasteiger partial charge in [-0.3, -0.25) is 0 Å². The quantitative estimate of drug-likeness (QED) is 0.811. The van der Waals surface area contributed by atoms with E-state index >= 15 is 0 Å². The Hall–Kier alpha value is -0.410. The van der Waals surface area contributed by atoms with E-state index in [1.807, 2.05) is 11.8 Å². The summed E-state index contributed by atoms with van der Waals surface area (Å²) in [5, 5.41) is 3.48. The number of aromatic nitrogens is 1. The van der Waals surface area contributed by atoms with E-state index in [0.29, 0.717) is 4.75 Å². The molecule has 0 saturated heterocycles. The number of hydrogen-bond acceptors (Lipinski definition) is 2. The van der Waals surface area contributed by atoms with Gasteiger partial charge in [-0.1, -0.05) is 34.6 Å². The molecule has 0 radical (unpaired) electrons. The first kappa shape index (κ1) is 15.6. The van der Waals surface area contributed by atoms with Gasteiger partial charge in [0, 0.05) is 36.0 Å². The number of nitrogens with one attached hydrogen (secondary N) is 1. The summed E-state index contributed by atoms with van der Waals surface area (Å²) in [6, 6.07) is 2.22. The molecule has 0 unspecified atom stereocenters. The number of hydrogen-bond donors (Lipinski definition) is 1. The molecule has 1 aromatic rings. The van der Waals surface area contributed by atoms with Crippen molar-refractivity contribution in [1.29, 1.82) is 0 Å². The van der Waals surface area contributed by atoms with Crippen molar-refractivity contribution in [2.75, 3.05) is 12.3 Å². The van der Waals surface area contributed by atoms with Crippen LogP contribution >= 0.6 is 11.8 Å². The lowest BCUT2D eigenvalue weighted by molar-refractivity contribution is 0.552. The minimum atomic E-state index is 0.370. The van der Waals surface area contributed by atoms with E-state index in [2.05, 4.69) is 63.0 Å². The molecule has 0 atom stereocenters. The molecule has 1 N–H and O–H groups in total. The van der Waals surface area contributed by atoms with Crippen LogP contribution in [0.1, 0.15) is 40.2 Å². The van der Waals surface area contributed by atoms with Crippen molar-refractivity contribution in [3.8, 4) is 0 Å². The molecule has 0 fully saturated rings. The Kier molecular flexibility index (Phi) is 6.30. The normalized spacial score (nSPS) is 12.3. The van der Waals surface area contributed by atoms with Gasteiger partial charge in [-0.2, -0.15) is 11.8 Å². The lowest BCUT2D eigenvalue weighted by Crippen LogP contribution is -2.18. The fourth-order valence-corrected chi connectivity index (χ4v) is 2.61. The second-order valence-electron chi connectivity index (χ2n) is 6.24. The van der Waals surface area contributed by atoms with Crippen molar-refractivity contribution in [2.45, 2.75) is 52.5 Å². The third-order valence-electron chi connectivity index (χ3n) is 2.58. The molecule has 0 aliphatic heterocycles. The average Bonchev–Trinajstić information content (AvgIpc) is 2.63. The number of nitrogens with zero attached hydrogens (tertiary/aromatic N) is 1. The monoisotopic (exact) mass is 268 g/mol. The largest absolute Gasteiger partial charge is 0.353 e. The first-order valence-electron chi connectivity index (χ1n) is 6.86. The van der Waals surface area contributed by atoms with Crippen molar-refractivity contribution in [1.82, 2.24) is 9.88 Å². The van der Waals surface area contributed by atoms with Crippen LogP contribution in [0.4, 0.5) is 0 Å². The third kappa shape index (κ3) is 7.12. The summed E-state index contributed by atoms with van der Waals surface area (Å²) in [4.78, 5) is 0. The summed E-state index contributed by atoms with van der Waals surface area (Å²) < 4.78 is 2.67. The fourth-order valence-electron chi connectivity index (χ4n) is 1.70. The van der Waals surface area contributed by atoms with Crippen LogP contribution in [0, 0.1) is 5.92 Å². The van der Waals surface area contributed by atoms with Gasteiger partial charge in [0.2, 0.25) is 0 Å². The van der Waals surface area contributed by atoms with Gasteiger partial charge in [-0.05, 0) is 24.1 Å². The van der Waals surface area contributed by atoms with Gasteiger partial charge in [-0.15, -0.1) is 0 Å². The SMILES string of the molecule is CC(C)CNCc1ccn(CCSC(C)(C)C)c1. The highest BCUT2D eigenvalue weighted by Crippen LogP contribution is 2.23. The smallest absolute Gasteiger partial charge is 0.0310 e. The summed E-state index contributed by atoms with van der Waals surface area (Å²) in [7, 11) is 0. The van der Waals surface area contributed by atoms with Gasteiger partial charge in [-0.25, -0.2) is 0 Å². The molecule has 0 bridgehead atoms. The zero-order valence-corrected chi connectivity index (χ0v) is 13.3. The highest BCUT2D eigenvalue weighted by atomic mass is 32.2. The molecule has 104 valence electrons. The van der Waals surface area contributed by atoms with Gasteiger partial charge >= 0.3 is 0 Å². The summed E-state index contributed by atoms with van der Waals surface area (Å²) in [5.74, 6) is 1.90. The predicted octanol–water partition coefficient (Wildman–Crippen LogP) is 3.77. The standard InChI is InChI=1S/C15H28N2S/c1-13(2)10-16-11-14-6-7-17(12-14)8-9-18-15(3,4)5/h6-7,12-13,16H,8-11H2,1-5H3. The van der Waals surface area contributed by atoms with Crippen LogP contribution in [0.25, 0.3) is 0 Å². The summed E-state index contributed by atoms with van der Waals surface area (Å²) in [5.41, 5.74) is 1.39. The molecule has 18 heavy (non-hydrogen) atoms. The maximum absolute atomic E-state index is 3.48. The van der Waals surface area contributed by atoms with E-state index in [9.17, 15) is 0 Å². The molecule has 3 heteroatoms. The summed E-state index contributed by atoms with van der Waals surface area (Å²) in [6.45, 7) is 14.5. The first-order valence-corrected chi connectivity index (χ1v) is 7.85. The molecule has 0 amide bonds. The van der Waals surface area contributed by atoms with E-state index in [-0.39, 0.29) is 0 Å². The molecule has 0 aliphatic carbocycles. The molecular weight excluding hydrogens is 240 g/mol. The van der Waals surface area contributed by atoms with Crippen molar-refractivity contribution >= 4 is 11.8 Å². The minimum absolute atomic E-state index is 0.370. The molecular formula is C15H28N2S. The van der Waals surface area contributed by atoms with Crippen LogP contribution < -0.4 is 5.32 Å². The fraction of sp³-hybridized carbons (Fsp3) is 0.733. The molecule has 1 aromatic heterocycles. The van der Waals surface area contributed by atoms with Crippen molar-refractivity contribution < 1.29 is 0 Å². The Morgan fingerprint density at radius 3 is 2.67 bits per heavy atom. The van der Waals surface area contributed by atoms with Gasteiger partial charge in [0.25, 0.3) is 0 Å². The van der Waals surface area contributed by atoms with Crippen molar-refractivity contribution in [2.24, 2.45) is 5.92 Å². The Labute approximate surface area is 117 Å². The third-order valence-corrected chi connectivity index (χ3v) is 3.83. The lowest BCUT2D eigenvalue weighted by atomic mass is 10.2. The van der Waals surface area contributed by atoms with Gasteiger partial charge in [0.15, 0.2) is 0 Å². The summed E-state index contributed by atoms with van der Waals surface area (Å²) in [6.07, 6.45) is 4.45. The lowest BCUT2D eigenvalue weighted by Gasteiger charge is -2.17. The van der Waals surface area contributed by atoms with Crippen LogP contribution in [0.5, 0.6) is 0 Å². The van der Waals surface area contributed by atoms with Crippen LogP contribution in [0.2, 0.25) is 0 Å². The number of aryl methyl sites for hydroxylation is 1. The van der Waals surface area contributed by atoms with Crippen LogP contribution in [-0.4, -0.2) is 21.6 Å². The Morgan fingerprint density at radius 1 is 1.33 bits per heavy atom. The van der Waals surface area contributed by atoms with E-state index in [1.54, 1.807) is 0 Å². The Bertz CT molecular complexity index is 337. The second kappa shape index (κ2) is 7.25. The average molecular weight is 268 g/mol. The minimum Gasteiger partial charge on any atom is -0.353 e. The molecule has 1 rings (SSSR count). The highest BCUT2D eigenvalue weighted by molar-refractivity contribution is 8.00. The molecule has 0 saturated carbocycles. The Balaban J connectivity index is 2.26. The van der Waals surface area contributed by atoms with Crippen molar-refractivity contribution in [3.05, 3.63) is 24.0 Å². The van der Waals surface area contributed by atoms with Gasteiger partial charge in [0.1, 0.15) is 0 Å². The molecule has 0 aromatic carbocycles. The zero-order chi connectivity index (χ0) is 13.6. The van der Waals surface area contributed by atoms with E-state index < -0.39 is 0 Å². The molecule has 0 spiro atoms. The van der Waals surface area contributed by atoms with Gasteiger partial charge in [0.05, 0.1) is 0 Å². The first-order chi connectivity index (χ1) is 8.37. The summed E-state index contributed by atoms with van der Waals surface area (Å²) >= 11 is 2.02. The van der Waals surface area contributed by atoms with Crippen LogP contribution in [-0.2, 0) is 13.1 Å². The molecule has 2 nitrogen and oxygen atoms in total. The van der Waals surface area contributed by atoms with Crippen molar-refractivity contribution in [3.63, 3.8) is 0 Å². The van der Waals surface area contributed by atoms with E-state index in [1.165, 1.54) is 11.3 Å². The molecule has 1 heterocycles. The van der Waals surface area contributed by atoms with Crippen LogP contribution in [0.15, 0.2) is 18.5 Å². The maximum Gasteiger partial charge on any atom is 0.0310 e. The zero-order valence-electron chi connectivity index (χ0n) is 12.5. The van der Waals surface area contributed by atoms with Crippen LogP contribution in [0.3, 0.4) is 0 Å². The highest BCUT2D eigenvalue weighted by Gasteiger charge is 2.09. The second-order valence-corrected chi connectivity index (χ2v) is 8.16. The topological polar surface area (TPSA) is 17.0 Å². The number of thioether (sulfide) groups is 1. The van der Waals surface area contributed by atoms with E-state index in [4.69, 9.17) is 0 Å². The predicted molar refractivity (Wildman–Crippen MR) is 83.2 cm³/mol. The maximum atomic E-state index is 3.48. The van der Waals surface area contributed by atoms with E-state index in [0.717, 1.165) is 25.6 Å². The number of rotatable bonds is 7. The van der Waals surface area contributed by atoms with Gasteiger partial charge < -0.3 is 9.88 Å². The molecule has 0 aliphatic rings. The Morgan fingerprint density at radius 2 is 2.06 bits per heavy atom.